The van der Waals surface area contributed by atoms with Crippen molar-refractivity contribution in [2.24, 2.45) is 0 Å². The van der Waals surface area contributed by atoms with E-state index in [4.69, 9.17) is 14.2 Å². The van der Waals surface area contributed by atoms with Gasteiger partial charge in [-0.1, -0.05) is 74.6 Å². The quantitative estimate of drug-likeness (QED) is 0.220. The number of hydrogen-bond acceptors (Lipinski definition) is 8. The smallest absolute Gasteiger partial charge is 0.412 e. The molecule has 2 amide bonds. The van der Waals surface area contributed by atoms with E-state index in [0.717, 1.165) is 44.1 Å². The van der Waals surface area contributed by atoms with Crippen LogP contribution in [-0.2, 0) is 35.2 Å². The molecule has 0 radical (unpaired) electrons. The van der Waals surface area contributed by atoms with Crippen LogP contribution < -0.4 is 10.2 Å². The normalized spacial score (nSPS) is 17.7. The molecule has 1 saturated carbocycles. The molecule has 1 aliphatic heterocycles. The van der Waals surface area contributed by atoms with Crippen molar-refractivity contribution in [1.29, 1.82) is 0 Å². The molecule has 2 aromatic rings. The van der Waals surface area contributed by atoms with Crippen molar-refractivity contribution in [2.75, 3.05) is 30.4 Å². The van der Waals surface area contributed by atoms with Crippen LogP contribution in [0.2, 0.25) is 0 Å². The van der Waals surface area contributed by atoms with E-state index >= 15 is 0 Å². The molecule has 1 heterocycles. The van der Waals surface area contributed by atoms with Gasteiger partial charge in [0.05, 0.1) is 18.5 Å². The van der Waals surface area contributed by atoms with E-state index in [1.807, 2.05) is 30.3 Å². The van der Waals surface area contributed by atoms with Gasteiger partial charge >= 0.3 is 23.9 Å². The summed E-state index contributed by atoms with van der Waals surface area (Å²) in [7, 11) is 1.17. The number of esters is 2. The number of anilines is 2. The molecule has 10 heteroatoms. The van der Waals surface area contributed by atoms with Gasteiger partial charge in [-0.3, -0.25) is 24.7 Å². The SMILES string of the molecule is COC(=O)C(=O)N(c1ccccc1NC(=O)OC(C)(C)C)C1CCN(C2(C(=O)OCc3ccccc3)CCCCCCC2)CC1. The first-order chi connectivity index (χ1) is 21.5. The van der Waals surface area contributed by atoms with Crippen molar-refractivity contribution in [3.8, 4) is 0 Å². The number of ether oxygens (including phenoxy) is 3. The summed E-state index contributed by atoms with van der Waals surface area (Å²) in [5, 5.41) is 2.74. The summed E-state index contributed by atoms with van der Waals surface area (Å²) in [6.45, 7) is 6.59. The minimum absolute atomic E-state index is 0.193. The topological polar surface area (TPSA) is 114 Å². The van der Waals surface area contributed by atoms with Crippen molar-refractivity contribution in [3.63, 3.8) is 0 Å². The van der Waals surface area contributed by atoms with Crippen LogP contribution >= 0.6 is 0 Å². The van der Waals surface area contributed by atoms with E-state index in [1.54, 1.807) is 45.0 Å². The standard InChI is InChI=1S/C35H47N3O7/c1-34(2,3)45-33(42)36-28-17-11-12-18-29(28)38(30(39)31(40)43-4)27-19-23-37(24-20-27)35(21-13-6-5-7-14-22-35)32(41)44-25-26-15-9-8-10-16-26/h8-12,15-18,27H,5-7,13-14,19-25H2,1-4H3,(H,36,42). The fourth-order valence-electron chi connectivity index (χ4n) is 6.41. The number of rotatable bonds is 7. The summed E-state index contributed by atoms with van der Waals surface area (Å²) in [5.74, 6) is -2.01. The van der Waals surface area contributed by atoms with E-state index < -0.39 is 29.1 Å². The fourth-order valence-corrected chi connectivity index (χ4v) is 6.41. The van der Waals surface area contributed by atoms with E-state index in [2.05, 4.69) is 10.2 Å². The molecule has 0 aromatic heterocycles. The van der Waals surface area contributed by atoms with Gasteiger partial charge in [0.2, 0.25) is 0 Å². The Morgan fingerprint density at radius 3 is 2.11 bits per heavy atom. The van der Waals surface area contributed by atoms with Gasteiger partial charge in [0.25, 0.3) is 0 Å². The maximum atomic E-state index is 13.9. The Labute approximate surface area is 266 Å². The summed E-state index contributed by atoms with van der Waals surface area (Å²) in [5.41, 5.74) is 0.199. The average Bonchev–Trinajstić information content (AvgIpc) is 3.00. The number of carbonyl (C=O) groups is 4. The Morgan fingerprint density at radius 2 is 1.49 bits per heavy atom. The third-order valence-corrected chi connectivity index (χ3v) is 8.59. The number of amides is 2. The molecular weight excluding hydrogens is 574 g/mol. The number of benzene rings is 2. The van der Waals surface area contributed by atoms with Crippen LogP contribution in [0.4, 0.5) is 16.2 Å². The Hall–Kier alpha value is -3.92. The Morgan fingerprint density at radius 1 is 0.889 bits per heavy atom. The van der Waals surface area contributed by atoms with E-state index in [-0.39, 0.29) is 18.6 Å². The van der Waals surface area contributed by atoms with Crippen LogP contribution in [0.3, 0.4) is 0 Å². The molecule has 0 atom stereocenters. The highest BCUT2D eigenvalue weighted by Gasteiger charge is 2.47. The lowest BCUT2D eigenvalue weighted by Crippen LogP contribution is -2.60. The molecular formula is C35H47N3O7. The number of para-hydroxylation sites is 2. The van der Waals surface area contributed by atoms with Crippen LogP contribution in [-0.4, -0.2) is 66.2 Å². The number of nitrogens with one attached hydrogen (secondary N) is 1. The Bertz CT molecular complexity index is 1310. The molecule has 2 fully saturated rings. The van der Waals surface area contributed by atoms with Gasteiger partial charge in [-0.15, -0.1) is 0 Å². The third kappa shape index (κ3) is 8.84. The molecule has 45 heavy (non-hydrogen) atoms. The van der Waals surface area contributed by atoms with Crippen LogP contribution in [0.15, 0.2) is 54.6 Å². The zero-order chi connectivity index (χ0) is 32.5. The molecule has 0 unspecified atom stereocenters. The predicted octanol–water partition coefficient (Wildman–Crippen LogP) is 6.23. The summed E-state index contributed by atoms with van der Waals surface area (Å²) in [6, 6.07) is 16.2. The largest absolute Gasteiger partial charge is 0.462 e. The molecule has 1 aliphatic carbocycles. The van der Waals surface area contributed by atoms with Gasteiger partial charge in [0.15, 0.2) is 0 Å². The summed E-state index contributed by atoms with van der Waals surface area (Å²) in [4.78, 5) is 56.4. The molecule has 1 saturated heterocycles. The van der Waals surface area contributed by atoms with Crippen LogP contribution in [0.25, 0.3) is 0 Å². The predicted molar refractivity (Wildman–Crippen MR) is 172 cm³/mol. The molecule has 4 rings (SSSR count). The minimum Gasteiger partial charge on any atom is -0.462 e. The lowest BCUT2D eigenvalue weighted by Gasteiger charge is -2.47. The maximum Gasteiger partial charge on any atom is 0.412 e. The summed E-state index contributed by atoms with van der Waals surface area (Å²) >= 11 is 0. The zero-order valence-corrected chi connectivity index (χ0v) is 27.0. The van der Waals surface area contributed by atoms with Crippen molar-refractivity contribution >= 4 is 35.3 Å². The zero-order valence-electron chi connectivity index (χ0n) is 27.0. The van der Waals surface area contributed by atoms with Gasteiger partial charge in [-0.2, -0.15) is 0 Å². The molecule has 2 aromatic carbocycles. The monoisotopic (exact) mass is 621 g/mol. The average molecular weight is 622 g/mol. The second-order valence-electron chi connectivity index (χ2n) is 12.9. The van der Waals surface area contributed by atoms with Crippen molar-refractivity contribution in [2.45, 2.75) is 102 Å². The second-order valence-corrected chi connectivity index (χ2v) is 12.9. The van der Waals surface area contributed by atoms with E-state index in [1.165, 1.54) is 18.4 Å². The van der Waals surface area contributed by atoms with Gasteiger partial charge in [-0.25, -0.2) is 9.59 Å². The highest BCUT2D eigenvalue weighted by molar-refractivity contribution is 6.38. The summed E-state index contributed by atoms with van der Waals surface area (Å²) < 4.78 is 16.2. The number of hydrogen-bond donors (Lipinski definition) is 1. The van der Waals surface area contributed by atoms with Crippen LogP contribution in [0, 0.1) is 0 Å². The maximum absolute atomic E-state index is 13.9. The van der Waals surface area contributed by atoms with Gasteiger partial charge < -0.3 is 14.2 Å². The number of piperidine rings is 1. The number of methoxy groups -OCH3 is 1. The first-order valence-corrected chi connectivity index (χ1v) is 16.0. The van der Waals surface area contributed by atoms with Crippen molar-refractivity contribution in [1.82, 2.24) is 4.90 Å². The van der Waals surface area contributed by atoms with Crippen LogP contribution in [0.1, 0.15) is 84.1 Å². The van der Waals surface area contributed by atoms with Gasteiger partial charge in [-0.05, 0) is 64.2 Å². The highest BCUT2D eigenvalue weighted by atomic mass is 16.6. The Balaban J connectivity index is 1.57. The highest BCUT2D eigenvalue weighted by Crippen LogP contribution is 2.38. The molecule has 0 spiro atoms. The lowest BCUT2D eigenvalue weighted by atomic mass is 9.80. The first-order valence-electron chi connectivity index (χ1n) is 16.0. The molecule has 2 aliphatic rings. The molecule has 0 bridgehead atoms. The summed E-state index contributed by atoms with van der Waals surface area (Å²) in [6.07, 6.45) is 6.99. The van der Waals surface area contributed by atoms with Crippen molar-refractivity contribution in [3.05, 3.63) is 60.2 Å². The molecule has 244 valence electrons. The number of nitrogens with zero attached hydrogens (tertiary/aromatic N) is 2. The number of carbonyl (C=O) groups excluding carboxylic acids is 4. The number of likely N-dealkylation sites (tertiary alicyclic amines) is 1. The third-order valence-electron chi connectivity index (χ3n) is 8.59. The van der Waals surface area contributed by atoms with E-state index in [0.29, 0.717) is 37.3 Å². The minimum atomic E-state index is -0.995. The molecule has 10 nitrogen and oxygen atoms in total. The second kappa shape index (κ2) is 15.4. The van der Waals surface area contributed by atoms with Crippen LogP contribution in [0.5, 0.6) is 0 Å². The van der Waals surface area contributed by atoms with Crippen molar-refractivity contribution < 1.29 is 33.4 Å². The van der Waals surface area contributed by atoms with Gasteiger partial charge in [0.1, 0.15) is 17.7 Å². The Kier molecular flexibility index (Phi) is 11.6. The first kappa shape index (κ1) is 34.0. The fraction of sp³-hybridized carbons (Fsp3) is 0.543. The van der Waals surface area contributed by atoms with E-state index in [9.17, 15) is 19.2 Å². The molecule has 1 N–H and O–H groups in total. The lowest BCUT2D eigenvalue weighted by molar-refractivity contribution is -0.163. The van der Waals surface area contributed by atoms with Gasteiger partial charge in [0, 0.05) is 19.1 Å².